The smallest absolute Gasteiger partial charge is 0.244 e. The van der Waals surface area contributed by atoms with Crippen molar-refractivity contribution < 1.29 is 4.79 Å². The average Bonchev–Trinajstić information content (AvgIpc) is 3.03. The van der Waals surface area contributed by atoms with Crippen LogP contribution < -0.4 is 0 Å². The fraction of sp³-hybridized carbons (Fsp3) is 0.625. The van der Waals surface area contributed by atoms with Gasteiger partial charge in [-0.3, -0.25) is 14.6 Å². The Morgan fingerprint density at radius 2 is 2.09 bits per heavy atom. The normalized spacial score (nSPS) is 22.9. The van der Waals surface area contributed by atoms with Crippen LogP contribution in [0.4, 0.5) is 0 Å². The van der Waals surface area contributed by atoms with Gasteiger partial charge < -0.3 is 4.90 Å². The summed E-state index contributed by atoms with van der Waals surface area (Å²) in [5.74, 6) is 0.151. The molecule has 0 bridgehead atoms. The lowest BCUT2D eigenvalue weighted by molar-refractivity contribution is -0.153. The van der Waals surface area contributed by atoms with E-state index in [1.165, 1.54) is 5.56 Å². The molecule has 5 nitrogen and oxygen atoms in total. The van der Waals surface area contributed by atoms with Crippen molar-refractivity contribution in [2.75, 3.05) is 39.8 Å². The van der Waals surface area contributed by atoms with Crippen LogP contribution >= 0.6 is 11.3 Å². The van der Waals surface area contributed by atoms with Crippen molar-refractivity contribution in [2.24, 2.45) is 0 Å². The highest BCUT2D eigenvalue weighted by Crippen LogP contribution is 2.33. The Balaban J connectivity index is 1.66. The number of carbonyl (C=O) groups excluding carboxylic acids is 1. The molecule has 0 N–H and O–H groups in total. The van der Waals surface area contributed by atoms with Gasteiger partial charge in [0.25, 0.3) is 0 Å². The molecule has 1 aromatic heterocycles. The molecule has 22 heavy (non-hydrogen) atoms. The van der Waals surface area contributed by atoms with Gasteiger partial charge in [0, 0.05) is 32.7 Å². The van der Waals surface area contributed by atoms with Crippen molar-refractivity contribution in [1.29, 1.82) is 5.26 Å². The molecule has 3 rings (SSSR count). The van der Waals surface area contributed by atoms with Crippen LogP contribution in [-0.4, -0.2) is 65.9 Å². The summed E-state index contributed by atoms with van der Waals surface area (Å²) in [6.07, 6.45) is 1.71. The molecule has 6 heteroatoms. The standard InChI is InChI=1S/C16H22N4OS/c1-18-9-10-20(8-5-17)15(21)16(18)3-6-19(7-4-16)12-14-2-11-22-13-14/h2,11,13H,3-4,6-10,12H2,1H3. The van der Waals surface area contributed by atoms with Gasteiger partial charge in [-0.1, -0.05) is 0 Å². The van der Waals surface area contributed by atoms with Crippen LogP contribution in [0.15, 0.2) is 16.8 Å². The number of amides is 1. The van der Waals surface area contributed by atoms with Gasteiger partial charge in [0.05, 0.1) is 6.07 Å². The van der Waals surface area contributed by atoms with Gasteiger partial charge in [-0.2, -0.15) is 16.6 Å². The number of likely N-dealkylation sites (N-methyl/N-ethyl adjacent to an activating group) is 1. The number of likely N-dealkylation sites (tertiary alicyclic amines) is 1. The number of piperidine rings is 1. The van der Waals surface area contributed by atoms with Crippen LogP contribution in [0.25, 0.3) is 0 Å². The first-order valence-electron chi connectivity index (χ1n) is 7.77. The average molecular weight is 318 g/mol. The van der Waals surface area contributed by atoms with E-state index >= 15 is 0 Å². The molecule has 0 saturated carbocycles. The third-order valence-electron chi connectivity index (χ3n) is 5.05. The summed E-state index contributed by atoms with van der Waals surface area (Å²) in [5.41, 5.74) is 0.968. The number of nitrogens with zero attached hydrogens (tertiary/aromatic N) is 4. The first-order chi connectivity index (χ1) is 10.7. The van der Waals surface area contributed by atoms with Crippen molar-refractivity contribution in [1.82, 2.24) is 14.7 Å². The number of thiophene rings is 1. The minimum absolute atomic E-state index is 0.151. The molecule has 2 saturated heterocycles. The Labute approximate surface area is 135 Å². The Bertz CT molecular complexity index is 557. The Kier molecular flexibility index (Phi) is 4.48. The maximum Gasteiger partial charge on any atom is 0.244 e. The van der Waals surface area contributed by atoms with Crippen LogP contribution in [-0.2, 0) is 11.3 Å². The maximum absolute atomic E-state index is 12.8. The molecule has 1 amide bonds. The summed E-state index contributed by atoms with van der Waals surface area (Å²) in [7, 11) is 2.05. The van der Waals surface area contributed by atoms with Crippen molar-refractivity contribution in [3.8, 4) is 6.07 Å². The zero-order valence-electron chi connectivity index (χ0n) is 13.0. The minimum atomic E-state index is -0.389. The zero-order valence-corrected chi connectivity index (χ0v) is 13.8. The lowest BCUT2D eigenvalue weighted by Gasteiger charge is -2.51. The molecule has 0 aliphatic carbocycles. The molecule has 0 unspecified atom stereocenters. The van der Waals surface area contributed by atoms with Crippen LogP contribution in [0.2, 0.25) is 0 Å². The highest BCUT2D eigenvalue weighted by Gasteiger charge is 2.49. The minimum Gasteiger partial charge on any atom is -0.326 e. The van der Waals surface area contributed by atoms with E-state index in [9.17, 15) is 4.79 Å². The summed E-state index contributed by atoms with van der Waals surface area (Å²) in [6, 6.07) is 4.29. The molecule has 1 aromatic rings. The maximum atomic E-state index is 12.8. The Morgan fingerprint density at radius 1 is 1.32 bits per heavy atom. The van der Waals surface area contributed by atoms with Crippen LogP contribution in [0.3, 0.4) is 0 Å². The molecule has 0 atom stereocenters. The third-order valence-corrected chi connectivity index (χ3v) is 5.78. The second-order valence-corrected chi connectivity index (χ2v) is 7.03. The summed E-state index contributed by atoms with van der Waals surface area (Å²) in [5, 5.41) is 13.2. The van der Waals surface area contributed by atoms with Crippen molar-refractivity contribution >= 4 is 17.2 Å². The summed E-state index contributed by atoms with van der Waals surface area (Å²) in [6.45, 7) is 4.59. The van der Waals surface area contributed by atoms with Gasteiger partial charge in [-0.25, -0.2) is 0 Å². The van der Waals surface area contributed by atoms with Gasteiger partial charge in [0.15, 0.2) is 0 Å². The molecule has 2 aliphatic heterocycles. The molecule has 2 fully saturated rings. The predicted molar refractivity (Wildman–Crippen MR) is 86.4 cm³/mol. The van der Waals surface area contributed by atoms with E-state index < -0.39 is 0 Å². The van der Waals surface area contributed by atoms with E-state index in [2.05, 4.69) is 39.7 Å². The Morgan fingerprint density at radius 3 is 2.73 bits per heavy atom. The summed E-state index contributed by atoms with van der Waals surface area (Å²) >= 11 is 1.73. The number of rotatable bonds is 3. The van der Waals surface area contributed by atoms with E-state index in [1.807, 2.05) is 0 Å². The second-order valence-electron chi connectivity index (χ2n) is 6.25. The summed E-state index contributed by atoms with van der Waals surface area (Å²) in [4.78, 5) is 19.2. The molecule has 3 heterocycles. The van der Waals surface area contributed by atoms with E-state index in [0.29, 0.717) is 6.54 Å². The highest BCUT2D eigenvalue weighted by atomic mass is 32.1. The monoisotopic (exact) mass is 318 g/mol. The van der Waals surface area contributed by atoms with Crippen molar-refractivity contribution in [3.05, 3.63) is 22.4 Å². The van der Waals surface area contributed by atoms with Gasteiger partial charge in [-0.15, -0.1) is 0 Å². The summed E-state index contributed by atoms with van der Waals surface area (Å²) < 4.78 is 0. The Hall–Kier alpha value is -1.42. The largest absolute Gasteiger partial charge is 0.326 e. The molecular weight excluding hydrogens is 296 g/mol. The molecule has 118 valence electrons. The number of hydrogen-bond acceptors (Lipinski definition) is 5. The lowest BCUT2D eigenvalue weighted by atomic mass is 9.82. The van der Waals surface area contributed by atoms with E-state index in [4.69, 9.17) is 5.26 Å². The van der Waals surface area contributed by atoms with E-state index in [-0.39, 0.29) is 18.0 Å². The first-order valence-corrected chi connectivity index (χ1v) is 8.71. The van der Waals surface area contributed by atoms with Gasteiger partial charge in [-0.05, 0) is 42.3 Å². The fourth-order valence-electron chi connectivity index (χ4n) is 3.60. The third kappa shape index (κ3) is 2.76. The van der Waals surface area contributed by atoms with Crippen LogP contribution in [0.5, 0.6) is 0 Å². The van der Waals surface area contributed by atoms with E-state index in [0.717, 1.165) is 39.0 Å². The molecular formula is C16H22N4OS. The van der Waals surface area contributed by atoms with Gasteiger partial charge >= 0.3 is 0 Å². The first kappa shape index (κ1) is 15.5. The highest BCUT2D eigenvalue weighted by molar-refractivity contribution is 7.07. The van der Waals surface area contributed by atoms with Crippen molar-refractivity contribution in [3.63, 3.8) is 0 Å². The molecule has 0 radical (unpaired) electrons. The number of piperazine rings is 1. The molecule has 1 spiro atoms. The van der Waals surface area contributed by atoms with Crippen LogP contribution in [0, 0.1) is 11.3 Å². The molecule has 0 aromatic carbocycles. The zero-order chi connectivity index (χ0) is 15.6. The van der Waals surface area contributed by atoms with E-state index in [1.54, 1.807) is 16.2 Å². The van der Waals surface area contributed by atoms with Crippen molar-refractivity contribution in [2.45, 2.75) is 24.9 Å². The number of carbonyl (C=O) groups is 1. The quantitative estimate of drug-likeness (QED) is 0.790. The fourth-order valence-corrected chi connectivity index (χ4v) is 4.26. The van der Waals surface area contributed by atoms with Crippen LogP contribution in [0.1, 0.15) is 18.4 Å². The number of nitriles is 1. The van der Waals surface area contributed by atoms with Gasteiger partial charge in [0.1, 0.15) is 12.1 Å². The van der Waals surface area contributed by atoms with Gasteiger partial charge in [0.2, 0.25) is 5.91 Å². The predicted octanol–water partition coefficient (Wildman–Crippen LogP) is 1.38. The second kappa shape index (κ2) is 6.37. The topological polar surface area (TPSA) is 50.6 Å². The number of hydrogen-bond donors (Lipinski definition) is 0. The lowest BCUT2D eigenvalue weighted by Crippen LogP contribution is -2.67. The molecule has 2 aliphatic rings. The SMILES string of the molecule is CN1CCN(CC#N)C(=O)C12CCN(Cc1ccsc1)CC2.